The lowest BCUT2D eigenvalue weighted by Crippen LogP contribution is -2.36. The molecule has 0 spiro atoms. The number of aromatic amines is 1. The molecule has 0 aliphatic rings. The predicted molar refractivity (Wildman–Crippen MR) is 79.3 cm³/mol. The molecule has 2 atom stereocenters. The second-order valence-electron chi connectivity index (χ2n) is 4.81. The minimum Gasteiger partial charge on any atom is -0.394 e. The van der Waals surface area contributed by atoms with Crippen LogP contribution in [-0.2, 0) is 16.2 Å². The van der Waals surface area contributed by atoms with E-state index in [2.05, 4.69) is 9.97 Å². The average Bonchev–Trinajstić information content (AvgIpc) is 2.86. The van der Waals surface area contributed by atoms with E-state index in [9.17, 15) is 15.0 Å². The molecular formula is C13H17N5O5. The number of ether oxygens (including phenoxy) is 2. The molecule has 0 aliphatic heterocycles. The van der Waals surface area contributed by atoms with Gasteiger partial charge in [0.25, 0.3) is 5.56 Å². The van der Waals surface area contributed by atoms with Gasteiger partial charge in [-0.25, -0.2) is 0 Å². The van der Waals surface area contributed by atoms with Crippen LogP contribution in [0.15, 0.2) is 11.0 Å². The molecule has 0 saturated carbocycles. The van der Waals surface area contributed by atoms with Gasteiger partial charge in [0.1, 0.15) is 30.4 Å². The standard InChI is InChI=1S/C13H17N5O5/c1-22-5-8(20)9(4-19)23-6-18-3-7(2-14)10-11(18)16-13(15)17-12(10)21/h3,8-9,19-20H,4-6H2,1H3,(H3,15,16,17,21)/t8?,9-/m1/s1. The van der Waals surface area contributed by atoms with Crippen LogP contribution in [0.3, 0.4) is 0 Å². The van der Waals surface area contributed by atoms with E-state index in [-0.39, 0.29) is 35.9 Å². The van der Waals surface area contributed by atoms with Gasteiger partial charge in [0.2, 0.25) is 5.95 Å². The summed E-state index contributed by atoms with van der Waals surface area (Å²) in [5, 5.41) is 28.3. The molecule has 2 aromatic rings. The van der Waals surface area contributed by atoms with Crippen LogP contribution in [0.4, 0.5) is 5.95 Å². The lowest BCUT2D eigenvalue weighted by Gasteiger charge is -2.21. The zero-order valence-electron chi connectivity index (χ0n) is 12.4. The van der Waals surface area contributed by atoms with Crippen molar-refractivity contribution < 1.29 is 19.7 Å². The molecule has 0 aromatic carbocycles. The Kier molecular flexibility index (Phi) is 5.30. The molecule has 23 heavy (non-hydrogen) atoms. The minimum absolute atomic E-state index is 0.00797. The lowest BCUT2D eigenvalue weighted by molar-refractivity contribution is -0.104. The molecule has 5 N–H and O–H groups in total. The molecule has 124 valence electrons. The van der Waals surface area contributed by atoms with E-state index in [0.29, 0.717) is 0 Å². The molecule has 0 amide bonds. The Morgan fingerprint density at radius 3 is 2.96 bits per heavy atom. The number of nitriles is 1. The zero-order chi connectivity index (χ0) is 17.0. The third kappa shape index (κ3) is 3.49. The fourth-order valence-electron chi connectivity index (χ4n) is 2.13. The Morgan fingerprint density at radius 1 is 1.61 bits per heavy atom. The first-order chi connectivity index (χ1) is 11.0. The summed E-state index contributed by atoms with van der Waals surface area (Å²) in [4.78, 5) is 18.2. The summed E-state index contributed by atoms with van der Waals surface area (Å²) in [6.07, 6.45) is -0.523. The highest BCUT2D eigenvalue weighted by Crippen LogP contribution is 2.16. The summed E-state index contributed by atoms with van der Waals surface area (Å²) < 4.78 is 11.6. The highest BCUT2D eigenvalue weighted by Gasteiger charge is 2.20. The van der Waals surface area contributed by atoms with Crippen molar-refractivity contribution in [3.63, 3.8) is 0 Å². The van der Waals surface area contributed by atoms with Crippen LogP contribution < -0.4 is 11.3 Å². The summed E-state index contributed by atoms with van der Waals surface area (Å²) >= 11 is 0. The van der Waals surface area contributed by atoms with E-state index in [0.717, 1.165) is 0 Å². The van der Waals surface area contributed by atoms with E-state index >= 15 is 0 Å². The summed E-state index contributed by atoms with van der Waals surface area (Å²) in [5.41, 5.74) is 5.29. The molecule has 10 nitrogen and oxygen atoms in total. The highest BCUT2D eigenvalue weighted by atomic mass is 16.5. The number of aliphatic hydroxyl groups is 2. The molecule has 0 radical (unpaired) electrons. The normalized spacial score (nSPS) is 13.8. The van der Waals surface area contributed by atoms with Crippen molar-refractivity contribution >= 4 is 17.0 Å². The van der Waals surface area contributed by atoms with Crippen molar-refractivity contribution in [3.8, 4) is 6.07 Å². The van der Waals surface area contributed by atoms with Crippen LogP contribution in [0, 0.1) is 11.3 Å². The quantitative estimate of drug-likeness (QED) is 0.480. The van der Waals surface area contributed by atoms with Gasteiger partial charge in [0.05, 0.1) is 18.8 Å². The lowest BCUT2D eigenvalue weighted by atomic mass is 10.2. The number of aliphatic hydroxyl groups excluding tert-OH is 2. The fourth-order valence-corrected chi connectivity index (χ4v) is 2.13. The van der Waals surface area contributed by atoms with E-state index in [4.69, 9.17) is 20.5 Å². The second-order valence-corrected chi connectivity index (χ2v) is 4.81. The number of fused-ring (bicyclic) bond motifs is 1. The third-order valence-corrected chi connectivity index (χ3v) is 3.24. The molecule has 0 aliphatic carbocycles. The number of nitrogens with one attached hydrogen (secondary N) is 1. The van der Waals surface area contributed by atoms with Crippen LogP contribution in [0.1, 0.15) is 5.56 Å². The van der Waals surface area contributed by atoms with Gasteiger partial charge in [0.15, 0.2) is 5.65 Å². The van der Waals surface area contributed by atoms with Crippen LogP contribution in [0.5, 0.6) is 0 Å². The van der Waals surface area contributed by atoms with Crippen molar-refractivity contribution in [3.05, 3.63) is 22.1 Å². The number of rotatable bonds is 7. The Morgan fingerprint density at radius 2 is 2.35 bits per heavy atom. The number of H-pyrrole nitrogens is 1. The molecule has 2 rings (SSSR count). The molecule has 0 fully saturated rings. The SMILES string of the molecule is COCC(O)[C@@H](CO)OCn1cc(C#N)c2c(=O)[nH]c(N)nc21. The van der Waals surface area contributed by atoms with Gasteiger partial charge in [-0.15, -0.1) is 0 Å². The van der Waals surface area contributed by atoms with Crippen molar-refractivity contribution in [2.45, 2.75) is 18.9 Å². The molecule has 0 bridgehead atoms. The number of aromatic nitrogens is 3. The second kappa shape index (κ2) is 7.21. The predicted octanol–water partition coefficient (Wildman–Crippen LogP) is -1.48. The van der Waals surface area contributed by atoms with E-state index in [1.165, 1.54) is 17.9 Å². The van der Waals surface area contributed by atoms with Crippen molar-refractivity contribution in [1.82, 2.24) is 14.5 Å². The van der Waals surface area contributed by atoms with Crippen LogP contribution in [0.2, 0.25) is 0 Å². The van der Waals surface area contributed by atoms with Crippen molar-refractivity contribution in [1.29, 1.82) is 5.26 Å². The summed E-state index contributed by atoms with van der Waals surface area (Å²) in [6, 6.07) is 1.90. The fraction of sp³-hybridized carbons (Fsp3) is 0.462. The molecule has 2 aromatic heterocycles. The number of hydrogen-bond acceptors (Lipinski definition) is 8. The summed E-state index contributed by atoms with van der Waals surface area (Å²) in [6.45, 7) is -0.572. The number of nitrogens with zero attached hydrogens (tertiary/aromatic N) is 3. The molecule has 0 saturated heterocycles. The molecule has 2 heterocycles. The Balaban J connectivity index is 2.30. The van der Waals surface area contributed by atoms with Crippen LogP contribution in [-0.4, -0.2) is 57.3 Å². The molecular weight excluding hydrogens is 306 g/mol. The summed E-state index contributed by atoms with van der Waals surface area (Å²) in [5.74, 6) is -0.0931. The van der Waals surface area contributed by atoms with Crippen LogP contribution >= 0.6 is 0 Å². The largest absolute Gasteiger partial charge is 0.394 e. The smallest absolute Gasteiger partial charge is 0.263 e. The Labute approximate surface area is 130 Å². The first-order valence-corrected chi connectivity index (χ1v) is 6.70. The third-order valence-electron chi connectivity index (χ3n) is 3.24. The van der Waals surface area contributed by atoms with Crippen LogP contribution in [0.25, 0.3) is 11.0 Å². The monoisotopic (exact) mass is 323 g/mol. The van der Waals surface area contributed by atoms with Crippen molar-refractivity contribution in [2.75, 3.05) is 26.1 Å². The van der Waals surface area contributed by atoms with Gasteiger partial charge in [-0.2, -0.15) is 10.2 Å². The average molecular weight is 323 g/mol. The maximum atomic E-state index is 11.9. The first kappa shape index (κ1) is 16.9. The number of anilines is 1. The van der Waals surface area contributed by atoms with Gasteiger partial charge < -0.3 is 30.0 Å². The maximum Gasteiger partial charge on any atom is 0.263 e. The number of hydrogen-bond donors (Lipinski definition) is 4. The summed E-state index contributed by atoms with van der Waals surface area (Å²) in [7, 11) is 1.41. The van der Waals surface area contributed by atoms with Gasteiger partial charge in [0, 0.05) is 13.3 Å². The number of methoxy groups -OCH3 is 1. The number of nitrogens with two attached hydrogens (primary N) is 1. The van der Waals surface area contributed by atoms with Crippen molar-refractivity contribution in [2.24, 2.45) is 0 Å². The number of nitrogen functional groups attached to an aromatic ring is 1. The van der Waals surface area contributed by atoms with E-state index in [1.54, 1.807) is 0 Å². The molecule has 10 heteroatoms. The Hall–Kier alpha value is -2.45. The Bertz CT molecular complexity index is 777. The highest BCUT2D eigenvalue weighted by molar-refractivity contribution is 5.82. The minimum atomic E-state index is -1.02. The van der Waals surface area contributed by atoms with Gasteiger partial charge >= 0.3 is 0 Å². The van der Waals surface area contributed by atoms with E-state index < -0.39 is 24.4 Å². The zero-order valence-corrected chi connectivity index (χ0v) is 12.4. The van der Waals surface area contributed by atoms with E-state index in [1.807, 2.05) is 6.07 Å². The first-order valence-electron chi connectivity index (χ1n) is 6.70. The van der Waals surface area contributed by atoms with Gasteiger partial charge in [-0.05, 0) is 0 Å². The van der Waals surface area contributed by atoms with Gasteiger partial charge in [-0.3, -0.25) is 9.78 Å². The maximum absolute atomic E-state index is 11.9. The molecule has 1 unspecified atom stereocenters. The van der Waals surface area contributed by atoms with Gasteiger partial charge in [-0.1, -0.05) is 0 Å². The topological polar surface area (TPSA) is 159 Å².